The van der Waals surface area contributed by atoms with Crippen LogP contribution in [0.4, 0.5) is 0 Å². The Morgan fingerprint density at radius 3 is 2.59 bits per heavy atom. The lowest BCUT2D eigenvalue weighted by molar-refractivity contribution is 0.286. The summed E-state index contributed by atoms with van der Waals surface area (Å²) in [7, 11) is 0. The van der Waals surface area contributed by atoms with E-state index in [-0.39, 0.29) is 0 Å². The van der Waals surface area contributed by atoms with Gasteiger partial charge in [0, 0.05) is 12.3 Å². The smallest absolute Gasteiger partial charge is 0.191 e. The van der Waals surface area contributed by atoms with Gasteiger partial charge in [-0.15, -0.1) is 10.2 Å². The van der Waals surface area contributed by atoms with E-state index < -0.39 is 0 Å². The monoisotopic (exact) mass is 383 g/mol. The summed E-state index contributed by atoms with van der Waals surface area (Å²) in [5.41, 5.74) is 2.30. The zero-order valence-electron chi connectivity index (χ0n) is 16.0. The number of aromatic nitrogens is 3. The van der Waals surface area contributed by atoms with Crippen LogP contribution in [0.2, 0.25) is 0 Å². The lowest BCUT2D eigenvalue weighted by atomic mass is 10.1. The molecular weight excluding hydrogens is 358 g/mol. The first-order valence-electron chi connectivity index (χ1n) is 9.10. The minimum absolute atomic E-state index is 0.409. The molecule has 0 bridgehead atoms. The number of thioether (sulfide) groups is 1. The van der Waals surface area contributed by atoms with Crippen LogP contribution < -0.4 is 9.47 Å². The molecule has 0 aliphatic carbocycles. The fourth-order valence-corrected chi connectivity index (χ4v) is 3.50. The van der Waals surface area contributed by atoms with E-state index in [4.69, 9.17) is 9.47 Å². The predicted octanol–water partition coefficient (Wildman–Crippen LogP) is 4.66. The Hall–Kier alpha value is -2.47. The molecule has 2 aromatic carbocycles. The second-order valence-electron chi connectivity index (χ2n) is 6.21. The third kappa shape index (κ3) is 5.26. The number of nitrogens with zero attached hydrogens (tertiary/aromatic N) is 3. The average Bonchev–Trinajstić information content (AvgIpc) is 3.08. The summed E-state index contributed by atoms with van der Waals surface area (Å²) in [5, 5.41) is 9.54. The maximum atomic E-state index is 5.99. The van der Waals surface area contributed by atoms with Crippen LogP contribution in [0.25, 0.3) is 0 Å². The van der Waals surface area contributed by atoms with Crippen LogP contribution in [0.1, 0.15) is 23.9 Å². The van der Waals surface area contributed by atoms with Gasteiger partial charge in [0.05, 0.1) is 6.61 Å². The quantitative estimate of drug-likeness (QED) is 0.397. The molecule has 0 fully saturated rings. The first-order chi connectivity index (χ1) is 13.2. The van der Waals surface area contributed by atoms with E-state index >= 15 is 0 Å². The Morgan fingerprint density at radius 1 is 1.00 bits per heavy atom. The number of rotatable bonds is 9. The summed E-state index contributed by atoms with van der Waals surface area (Å²) >= 11 is 1.65. The molecule has 3 rings (SSSR count). The standard InChI is InChI=1S/C21H25N3O2S/c1-4-24-20(15-26-19-14-16(2)10-11-17(19)3)22-23-21(24)27-13-12-25-18-8-6-5-7-9-18/h5-11,14H,4,12-13,15H2,1-3H3. The molecule has 0 amide bonds. The number of benzene rings is 2. The molecule has 1 aromatic heterocycles. The fourth-order valence-electron chi connectivity index (χ4n) is 2.66. The van der Waals surface area contributed by atoms with Crippen molar-refractivity contribution < 1.29 is 9.47 Å². The molecule has 0 unspecified atom stereocenters. The van der Waals surface area contributed by atoms with Gasteiger partial charge < -0.3 is 14.0 Å². The summed E-state index contributed by atoms with van der Waals surface area (Å²) in [6.07, 6.45) is 0. The van der Waals surface area contributed by atoms with Gasteiger partial charge in [-0.1, -0.05) is 42.1 Å². The molecular formula is C21H25N3O2S. The van der Waals surface area contributed by atoms with Crippen molar-refractivity contribution in [3.05, 3.63) is 65.5 Å². The maximum Gasteiger partial charge on any atom is 0.191 e. The summed E-state index contributed by atoms with van der Waals surface area (Å²) in [5.74, 6) is 3.43. The molecule has 5 nitrogen and oxygen atoms in total. The minimum atomic E-state index is 0.409. The van der Waals surface area contributed by atoms with E-state index in [2.05, 4.69) is 46.8 Å². The molecule has 0 saturated heterocycles. The molecule has 3 aromatic rings. The highest BCUT2D eigenvalue weighted by Gasteiger charge is 2.12. The molecule has 142 valence electrons. The lowest BCUT2D eigenvalue weighted by Gasteiger charge is -2.11. The number of para-hydroxylation sites is 1. The summed E-state index contributed by atoms with van der Waals surface area (Å²) in [6, 6.07) is 16.1. The van der Waals surface area contributed by atoms with E-state index in [1.807, 2.05) is 37.3 Å². The average molecular weight is 384 g/mol. The number of ether oxygens (including phenoxy) is 2. The van der Waals surface area contributed by atoms with Crippen LogP contribution in [0.5, 0.6) is 11.5 Å². The van der Waals surface area contributed by atoms with Crippen LogP contribution >= 0.6 is 11.8 Å². The van der Waals surface area contributed by atoms with Crippen molar-refractivity contribution >= 4 is 11.8 Å². The summed E-state index contributed by atoms with van der Waals surface area (Å²) < 4.78 is 13.8. The molecule has 1 heterocycles. The van der Waals surface area contributed by atoms with Crippen molar-refractivity contribution in [1.29, 1.82) is 0 Å². The van der Waals surface area contributed by atoms with E-state index in [1.54, 1.807) is 11.8 Å². The topological polar surface area (TPSA) is 49.2 Å². The van der Waals surface area contributed by atoms with E-state index in [0.29, 0.717) is 13.2 Å². The number of hydrogen-bond acceptors (Lipinski definition) is 5. The third-order valence-electron chi connectivity index (χ3n) is 4.14. The second kappa shape index (κ2) is 9.46. The Morgan fingerprint density at radius 2 is 1.81 bits per heavy atom. The van der Waals surface area contributed by atoms with Gasteiger partial charge in [0.2, 0.25) is 0 Å². The predicted molar refractivity (Wildman–Crippen MR) is 109 cm³/mol. The van der Waals surface area contributed by atoms with Crippen molar-refractivity contribution in [2.24, 2.45) is 0 Å². The SMILES string of the molecule is CCn1c(COc2cc(C)ccc2C)nnc1SCCOc1ccccc1. The first-order valence-corrected chi connectivity index (χ1v) is 10.1. The highest BCUT2D eigenvalue weighted by atomic mass is 32.2. The third-order valence-corrected chi connectivity index (χ3v) is 5.07. The Bertz CT molecular complexity index is 865. The normalized spacial score (nSPS) is 10.8. The highest BCUT2D eigenvalue weighted by molar-refractivity contribution is 7.99. The number of hydrogen-bond donors (Lipinski definition) is 0. The van der Waals surface area contributed by atoms with E-state index in [1.165, 1.54) is 5.56 Å². The Kier molecular flexibility index (Phi) is 6.76. The highest BCUT2D eigenvalue weighted by Crippen LogP contribution is 2.22. The van der Waals surface area contributed by atoms with Crippen molar-refractivity contribution in [3.8, 4) is 11.5 Å². The zero-order chi connectivity index (χ0) is 19.1. The minimum Gasteiger partial charge on any atom is -0.493 e. The second-order valence-corrected chi connectivity index (χ2v) is 7.27. The lowest BCUT2D eigenvalue weighted by Crippen LogP contribution is -2.08. The molecule has 0 spiro atoms. The van der Waals surface area contributed by atoms with E-state index in [0.717, 1.165) is 40.3 Å². The molecule has 0 N–H and O–H groups in total. The van der Waals surface area contributed by atoms with Gasteiger partial charge in [-0.25, -0.2) is 0 Å². The van der Waals surface area contributed by atoms with Crippen LogP contribution in [-0.4, -0.2) is 27.1 Å². The van der Waals surface area contributed by atoms with Crippen molar-refractivity contribution in [2.45, 2.75) is 39.1 Å². The van der Waals surface area contributed by atoms with Crippen LogP contribution in [0, 0.1) is 13.8 Å². The molecule has 0 saturated carbocycles. The van der Waals surface area contributed by atoms with Gasteiger partial charge in [0.15, 0.2) is 11.0 Å². The first kappa shape index (κ1) is 19.3. The van der Waals surface area contributed by atoms with E-state index in [9.17, 15) is 0 Å². The molecule has 6 heteroatoms. The zero-order valence-corrected chi connectivity index (χ0v) is 16.8. The Balaban J connectivity index is 1.55. The largest absolute Gasteiger partial charge is 0.493 e. The van der Waals surface area contributed by atoms with Gasteiger partial charge in [-0.3, -0.25) is 0 Å². The molecule has 0 aliphatic heterocycles. The number of aryl methyl sites for hydroxylation is 2. The maximum absolute atomic E-state index is 5.99. The molecule has 0 radical (unpaired) electrons. The van der Waals surface area contributed by atoms with Crippen molar-refractivity contribution in [3.63, 3.8) is 0 Å². The molecule has 27 heavy (non-hydrogen) atoms. The molecule has 0 aliphatic rings. The fraction of sp³-hybridized carbons (Fsp3) is 0.333. The van der Waals surface area contributed by atoms with Gasteiger partial charge in [-0.2, -0.15) is 0 Å². The van der Waals surface area contributed by atoms with Crippen LogP contribution in [0.15, 0.2) is 53.7 Å². The summed E-state index contributed by atoms with van der Waals surface area (Å²) in [6.45, 7) is 8.04. The Labute approximate surface area is 164 Å². The molecule has 0 atom stereocenters. The summed E-state index contributed by atoms with van der Waals surface area (Å²) in [4.78, 5) is 0. The van der Waals surface area contributed by atoms with Gasteiger partial charge in [0.1, 0.15) is 18.1 Å². The van der Waals surface area contributed by atoms with Gasteiger partial charge in [-0.05, 0) is 50.1 Å². The van der Waals surface area contributed by atoms with Gasteiger partial charge in [0.25, 0.3) is 0 Å². The van der Waals surface area contributed by atoms with Crippen molar-refractivity contribution in [1.82, 2.24) is 14.8 Å². The van der Waals surface area contributed by atoms with Gasteiger partial charge >= 0.3 is 0 Å². The van der Waals surface area contributed by atoms with Crippen LogP contribution in [0.3, 0.4) is 0 Å². The van der Waals surface area contributed by atoms with Crippen molar-refractivity contribution in [2.75, 3.05) is 12.4 Å². The van der Waals surface area contributed by atoms with Crippen LogP contribution in [-0.2, 0) is 13.2 Å².